The lowest BCUT2D eigenvalue weighted by Crippen LogP contribution is -2.68. The van der Waals surface area contributed by atoms with Crippen LogP contribution in [0.4, 0.5) is 0 Å². The third kappa shape index (κ3) is 2.10. The number of piperidine rings is 1. The topological polar surface area (TPSA) is 65.8 Å². The maximum atomic E-state index is 12.8. The van der Waals surface area contributed by atoms with Gasteiger partial charge in [-0.1, -0.05) is 30.3 Å². The lowest BCUT2D eigenvalue weighted by atomic mass is 9.81. The lowest BCUT2D eigenvalue weighted by Gasteiger charge is -2.56. The van der Waals surface area contributed by atoms with Crippen LogP contribution in [-0.2, 0) is 5.54 Å². The average molecular weight is 339 g/mol. The molecule has 0 aliphatic carbocycles. The van der Waals surface area contributed by atoms with Crippen LogP contribution in [0.5, 0.6) is 5.75 Å². The molecule has 0 spiro atoms. The number of pyridine rings is 1. The molecule has 25 heavy (non-hydrogen) atoms. The number of carbonyl (C=O) groups excluding carboxylic acids is 1. The summed E-state index contributed by atoms with van der Waals surface area (Å²) < 4.78 is 1.68. The maximum Gasteiger partial charge on any atom is 0.277 e. The first-order valence-corrected chi connectivity index (χ1v) is 8.52. The van der Waals surface area contributed by atoms with Gasteiger partial charge in [-0.05, 0) is 31.7 Å². The van der Waals surface area contributed by atoms with E-state index in [9.17, 15) is 14.7 Å². The summed E-state index contributed by atoms with van der Waals surface area (Å²) in [6.45, 7) is 2.15. The molecule has 1 N–H and O–H groups in total. The molecule has 1 amide bonds. The number of hydrogen-bond donors (Lipinski definition) is 1. The standard InChI is InChI=1S/C19H21N3O3/c1-19(13-7-4-3-5-8-13)11-6-9-15-20(2)18(25)16-17(24)14(23)10-12-21(16)22(15)19/h3-5,7-8,10,12,15,24H,6,9,11H2,1-2H3/t15?,19-/m0/s1. The summed E-state index contributed by atoms with van der Waals surface area (Å²) >= 11 is 0. The molecular weight excluding hydrogens is 318 g/mol. The van der Waals surface area contributed by atoms with Gasteiger partial charge in [-0.2, -0.15) is 0 Å². The van der Waals surface area contributed by atoms with Crippen LogP contribution in [0.2, 0.25) is 0 Å². The van der Waals surface area contributed by atoms with Crippen molar-refractivity contribution >= 4 is 5.91 Å². The molecule has 1 saturated heterocycles. The number of carbonyl (C=O) groups is 1. The molecule has 1 aromatic heterocycles. The molecule has 0 saturated carbocycles. The van der Waals surface area contributed by atoms with Crippen LogP contribution in [0, 0.1) is 0 Å². The minimum atomic E-state index is -0.537. The highest BCUT2D eigenvalue weighted by Gasteiger charge is 2.48. The van der Waals surface area contributed by atoms with Gasteiger partial charge in [-0.15, -0.1) is 0 Å². The lowest BCUT2D eigenvalue weighted by molar-refractivity contribution is 0.0471. The molecule has 2 atom stereocenters. The number of rotatable bonds is 1. The van der Waals surface area contributed by atoms with E-state index < -0.39 is 11.2 Å². The highest BCUT2D eigenvalue weighted by atomic mass is 16.3. The van der Waals surface area contributed by atoms with Crippen LogP contribution in [0.3, 0.4) is 0 Å². The van der Waals surface area contributed by atoms with Gasteiger partial charge in [-0.3, -0.25) is 19.3 Å². The zero-order valence-corrected chi connectivity index (χ0v) is 14.3. The summed E-state index contributed by atoms with van der Waals surface area (Å²) in [6, 6.07) is 11.5. The summed E-state index contributed by atoms with van der Waals surface area (Å²) in [5.41, 5.74) is 0.293. The molecule has 1 aromatic carbocycles. The second-order valence-corrected chi connectivity index (χ2v) is 7.00. The Hall–Kier alpha value is -2.76. The molecule has 0 radical (unpaired) electrons. The van der Waals surface area contributed by atoms with Crippen molar-refractivity contribution in [3.8, 4) is 5.75 Å². The van der Waals surface area contributed by atoms with E-state index in [0.29, 0.717) is 0 Å². The predicted molar refractivity (Wildman–Crippen MR) is 94.1 cm³/mol. The minimum Gasteiger partial charge on any atom is -0.502 e. The van der Waals surface area contributed by atoms with Crippen LogP contribution >= 0.6 is 0 Å². The summed E-state index contributed by atoms with van der Waals surface area (Å²) in [7, 11) is 1.73. The van der Waals surface area contributed by atoms with Crippen molar-refractivity contribution in [3.63, 3.8) is 0 Å². The molecule has 2 aromatic rings. The minimum absolute atomic E-state index is 0.0373. The van der Waals surface area contributed by atoms with Gasteiger partial charge in [-0.25, -0.2) is 0 Å². The summed E-state index contributed by atoms with van der Waals surface area (Å²) in [6.07, 6.45) is 4.23. The zero-order valence-electron chi connectivity index (χ0n) is 14.3. The number of nitrogens with zero attached hydrogens (tertiary/aromatic N) is 3. The van der Waals surface area contributed by atoms with Gasteiger partial charge < -0.3 is 10.0 Å². The summed E-state index contributed by atoms with van der Waals surface area (Å²) in [4.78, 5) is 26.3. The molecule has 2 aliphatic heterocycles. The van der Waals surface area contributed by atoms with Crippen LogP contribution in [-0.4, -0.2) is 33.8 Å². The Balaban J connectivity index is 1.98. The Morgan fingerprint density at radius 3 is 2.60 bits per heavy atom. The Morgan fingerprint density at radius 2 is 1.88 bits per heavy atom. The Bertz CT molecular complexity index is 893. The highest BCUT2D eigenvalue weighted by Crippen LogP contribution is 2.42. The number of fused-ring (bicyclic) bond motifs is 3. The van der Waals surface area contributed by atoms with Gasteiger partial charge in [0, 0.05) is 19.3 Å². The van der Waals surface area contributed by atoms with E-state index in [4.69, 9.17) is 0 Å². The van der Waals surface area contributed by atoms with Gasteiger partial charge in [0.2, 0.25) is 5.43 Å². The second kappa shape index (κ2) is 5.37. The SMILES string of the molecule is CN1C(=O)c2c(O)c(=O)ccn2N2C1CCC[C@@]2(C)c1ccccc1. The highest BCUT2D eigenvalue weighted by molar-refractivity contribution is 5.96. The van der Waals surface area contributed by atoms with Crippen LogP contribution in [0.1, 0.15) is 42.2 Å². The molecule has 4 rings (SSSR count). The van der Waals surface area contributed by atoms with E-state index in [1.807, 2.05) is 18.2 Å². The van der Waals surface area contributed by atoms with Gasteiger partial charge in [0.05, 0.1) is 5.54 Å². The van der Waals surface area contributed by atoms with Crippen molar-refractivity contribution in [1.82, 2.24) is 9.58 Å². The monoisotopic (exact) mass is 339 g/mol. The van der Waals surface area contributed by atoms with Crippen molar-refractivity contribution in [2.75, 3.05) is 12.1 Å². The summed E-state index contributed by atoms with van der Waals surface area (Å²) in [5.74, 6) is -0.812. The first-order chi connectivity index (χ1) is 11.9. The van der Waals surface area contributed by atoms with Gasteiger partial charge in [0.15, 0.2) is 11.4 Å². The van der Waals surface area contributed by atoms with Gasteiger partial charge in [0.1, 0.15) is 6.17 Å². The van der Waals surface area contributed by atoms with E-state index in [2.05, 4.69) is 24.1 Å². The number of benzene rings is 1. The van der Waals surface area contributed by atoms with Gasteiger partial charge in [0.25, 0.3) is 5.91 Å². The molecule has 2 aliphatic rings. The van der Waals surface area contributed by atoms with Crippen molar-refractivity contribution in [2.45, 2.75) is 37.9 Å². The number of aromatic hydroxyl groups is 1. The van der Waals surface area contributed by atoms with Gasteiger partial charge >= 0.3 is 0 Å². The molecule has 130 valence electrons. The first kappa shape index (κ1) is 15.7. The molecule has 1 unspecified atom stereocenters. The first-order valence-electron chi connectivity index (χ1n) is 8.52. The Kier molecular flexibility index (Phi) is 3.39. The van der Waals surface area contributed by atoms with Crippen molar-refractivity contribution in [3.05, 3.63) is 64.1 Å². The largest absolute Gasteiger partial charge is 0.502 e. The smallest absolute Gasteiger partial charge is 0.277 e. The fourth-order valence-corrected chi connectivity index (χ4v) is 4.21. The molecular formula is C19H21N3O3. The molecule has 0 bridgehead atoms. The van der Waals surface area contributed by atoms with Crippen molar-refractivity contribution in [2.24, 2.45) is 0 Å². The maximum absolute atomic E-state index is 12.8. The second-order valence-electron chi connectivity index (χ2n) is 7.00. The Morgan fingerprint density at radius 1 is 1.16 bits per heavy atom. The summed E-state index contributed by atoms with van der Waals surface area (Å²) in [5, 5.41) is 12.4. The normalized spacial score (nSPS) is 25.5. The third-order valence-corrected chi connectivity index (χ3v) is 5.57. The molecule has 6 nitrogen and oxygen atoms in total. The number of amides is 1. The fraction of sp³-hybridized carbons (Fsp3) is 0.368. The molecule has 3 heterocycles. The quantitative estimate of drug-likeness (QED) is 0.863. The van der Waals surface area contributed by atoms with E-state index in [1.165, 1.54) is 6.07 Å². The Labute approximate surface area is 145 Å². The third-order valence-electron chi connectivity index (χ3n) is 5.57. The van der Waals surface area contributed by atoms with Crippen molar-refractivity contribution < 1.29 is 9.90 Å². The van der Waals surface area contributed by atoms with Crippen LogP contribution in [0.25, 0.3) is 0 Å². The van der Waals surface area contributed by atoms with Crippen LogP contribution < -0.4 is 10.4 Å². The van der Waals surface area contributed by atoms with E-state index in [0.717, 1.165) is 24.8 Å². The van der Waals surface area contributed by atoms with E-state index >= 15 is 0 Å². The van der Waals surface area contributed by atoms with E-state index in [-0.39, 0.29) is 23.3 Å². The predicted octanol–water partition coefficient (Wildman–Crippen LogP) is 2.00. The molecule has 6 heteroatoms. The molecule has 1 fully saturated rings. The van der Waals surface area contributed by atoms with E-state index in [1.54, 1.807) is 22.8 Å². The van der Waals surface area contributed by atoms with Crippen LogP contribution in [0.15, 0.2) is 47.4 Å². The number of aromatic nitrogens is 1. The zero-order chi connectivity index (χ0) is 17.8. The number of hydrogen-bond acceptors (Lipinski definition) is 4. The van der Waals surface area contributed by atoms with Crippen molar-refractivity contribution in [1.29, 1.82) is 0 Å². The average Bonchev–Trinajstić information content (AvgIpc) is 2.63. The fourth-order valence-electron chi connectivity index (χ4n) is 4.21.